The number of nitrogens with zero attached hydrogens (tertiary/aromatic N) is 3. The van der Waals surface area contributed by atoms with E-state index in [0.29, 0.717) is 49.9 Å². The lowest BCUT2D eigenvalue weighted by Crippen LogP contribution is -2.38. The molecule has 3 heterocycles. The highest BCUT2D eigenvalue weighted by molar-refractivity contribution is 7.89. The van der Waals surface area contributed by atoms with E-state index in [-0.39, 0.29) is 21.8 Å². The average Bonchev–Trinajstić information content (AvgIpc) is 3.58. The summed E-state index contributed by atoms with van der Waals surface area (Å²) in [5, 5.41) is 11.8. The van der Waals surface area contributed by atoms with Crippen molar-refractivity contribution in [3.05, 3.63) is 70.3 Å². The fourth-order valence-corrected chi connectivity index (χ4v) is 7.16. The average molecular weight is 574 g/mol. The van der Waals surface area contributed by atoms with Gasteiger partial charge in [0.15, 0.2) is 0 Å². The zero-order chi connectivity index (χ0) is 27.6. The number of ketones is 1. The Bertz CT molecular complexity index is 1370. The fraction of sp³-hybridized carbons (Fsp3) is 0.429. The number of hydrogen-bond donors (Lipinski definition) is 1. The van der Waals surface area contributed by atoms with E-state index < -0.39 is 27.8 Å². The summed E-state index contributed by atoms with van der Waals surface area (Å²) in [6.07, 6.45) is 2.30. The highest BCUT2D eigenvalue weighted by atomic mass is 35.5. The Morgan fingerprint density at radius 3 is 2.33 bits per heavy atom. The summed E-state index contributed by atoms with van der Waals surface area (Å²) in [5.41, 5.74) is 0.834. The third kappa shape index (κ3) is 5.76. The maximum atomic E-state index is 13.3. The number of Topliss-reactive ketones (excluding diaryl/α,β-unsaturated/α-hetero) is 1. The number of aliphatic hydroxyl groups excluding tert-OH is 1. The smallest absolute Gasteiger partial charge is 0.295 e. The topological polar surface area (TPSA) is 107 Å². The van der Waals surface area contributed by atoms with Gasteiger partial charge in [0.25, 0.3) is 11.7 Å². The normalized spacial score (nSPS) is 22.6. The number of likely N-dealkylation sites (tertiary alicyclic amines) is 1. The van der Waals surface area contributed by atoms with Crippen molar-refractivity contribution in [3.63, 3.8) is 0 Å². The van der Waals surface area contributed by atoms with Gasteiger partial charge in [0.2, 0.25) is 10.0 Å². The Morgan fingerprint density at radius 2 is 1.67 bits per heavy atom. The number of sulfonamides is 1. The number of ether oxygens (including phenoxy) is 1. The molecule has 208 valence electrons. The van der Waals surface area contributed by atoms with E-state index in [0.717, 1.165) is 32.5 Å². The molecule has 9 nitrogen and oxygen atoms in total. The first-order valence-corrected chi connectivity index (χ1v) is 15.0. The van der Waals surface area contributed by atoms with Gasteiger partial charge in [-0.05, 0) is 61.2 Å². The molecule has 1 unspecified atom stereocenters. The molecular formula is C28H32ClN3O6S. The van der Waals surface area contributed by atoms with E-state index in [9.17, 15) is 23.1 Å². The molecular weight excluding hydrogens is 542 g/mol. The predicted octanol–water partition coefficient (Wildman–Crippen LogP) is 3.27. The van der Waals surface area contributed by atoms with E-state index in [1.807, 2.05) is 0 Å². The van der Waals surface area contributed by atoms with Crippen LogP contribution < -0.4 is 0 Å². The lowest BCUT2D eigenvalue weighted by atomic mass is 9.95. The molecule has 1 atom stereocenters. The van der Waals surface area contributed by atoms with Crippen LogP contribution in [0.4, 0.5) is 0 Å². The lowest BCUT2D eigenvalue weighted by molar-refractivity contribution is -0.140. The molecule has 1 N–H and O–H groups in total. The largest absolute Gasteiger partial charge is 0.507 e. The molecule has 3 saturated heterocycles. The molecule has 0 saturated carbocycles. The molecule has 39 heavy (non-hydrogen) atoms. The van der Waals surface area contributed by atoms with Crippen molar-refractivity contribution in [2.45, 2.75) is 30.2 Å². The predicted molar refractivity (Wildman–Crippen MR) is 147 cm³/mol. The van der Waals surface area contributed by atoms with Gasteiger partial charge in [0, 0.05) is 49.9 Å². The molecule has 3 fully saturated rings. The van der Waals surface area contributed by atoms with E-state index in [4.69, 9.17) is 16.3 Å². The van der Waals surface area contributed by atoms with Crippen LogP contribution in [0, 0.1) is 0 Å². The highest BCUT2D eigenvalue weighted by Crippen LogP contribution is 2.40. The molecule has 0 aliphatic carbocycles. The summed E-state index contributed by atoms with van der Waals surface area (Å²) >= 11 is 6.26. The first-order chi connectivity index (χ1) is 18.8. The monoisotopic (exact) mass is 573 g/mol. The number of aliphatic hydroxyl groups is 1. The van der Waals surface area contributed by atoms with Crippen molar-refractivity contribution in [1.29, 1.82) is 0 Å². The molecule has 3 aliphatic heterocycles. The summed E-state index contributed by atoms with van der Waals surface area (Å²) < 4.78 is 32.7. The molecule has 11 heteroatoms. The van der Waals surface area contributed by atoms with Crippen LogP contribution in [0.1, 0.15) is 36.4 Å². The number of halogens is 1. The molecule has 2 aromatic carbocycles. The highest BCUT2D eigenvalue weighted by Gasteiger charge is 2.46. The molecule has 0 aromatic heterocycles. The third-order valence-electron chi connectivity index (χ3n) is 7.51. The Balaban J connectivity index is 1.45. The minimum absolute atomic E-state index is 0.0382. The molecule has 1 amide bonds. The lowest BCUT2D eigenvalue weighted by Gasteiger charge is -2.29. The Morgan fingerprint density at radius 1 is 0.974 bits per heavy atom. The fourth-order valence-electron chi connectivity index (χ4n) is 5.44. The Hall–Kier alpha value is -2.76. The number of benzene rings is 2. The van der Waals surface area contributed by atoms with Gasteiger partial charge in [-0.1, -0.05) is 23.7 Å². The second-order valence-corrected chi connectivity index (χ2v) is 12.4. The van der Waals surface area contributed by atoms with Crippen molar-refractivity contribution in [3.8, 4) is 0 Å². The van der Waals surface area contributed by atoms with Gasteiger partial charge in [-0.25, -0.2) is 8.42 Å². The molecule has 0 spiro atoms. The van der Waals surface area contributed by atoms with Gasteiger partial charge in [0.05, 0.1) is 29.7 Å². The van der Waals surface area contributed by atoms with E-state index >= 15 is 0 Å². The summed E-state index contributed by atoms with van der Waals surface area (Å²) in [5.74, 6) is -1.81. The number of carbonyl (C=O) groups is 2. The van der Waals surface area contributed by atoms with Crippen LogP contribution in [-0.2, 0) is 24.3 Å². The first kappa shape index (κ1) is 27.8. The SMILES string of the molecule is O=C1C(=O)N(CCCN2CCOCC2)C(c2cccc(Cl)c2)C1=C(O)c1ccc(S(=O)(=O)N2CCCC2)cc1. The van der Waals surface area contributed by atoms with Crippen molar-refractivity contribution in [1.82, 2.24) is 14.1 Å². The number of hydrogen-bond acceptors (Lipinski definition) is 7. The van der Waals surface area contributed by atoms with Gasteiger partial charge < -0.3 is 14.7 Å². The van der Waals surface area contributed by atoms with Gasteiger partial charge in [-0.3, -0.25) is 14.5 Å². The molecule has 5 rings (SSSR count). The van der Waals surface area contributed by atoms with Gasteiger partial charge in [0.1, 0.15) is 5.76 Å². The zero-order valence-electron chi connectivity index (χ0n) is 21.6. The van der Waals surface area contributed by atoms with Crippen molar-refractivity contribution in [2.75, 3.05) is 52.5 Å². The van der Waals surface area contributed by atoms with Crippen LogP contribution in [0.25, 0.3) is 5.76 Å². The van der Waals surface area contributed by atoms with Crippen LogP contribution in [0.15, 0.2) is 59.0 Å². The van der Waals surface area contributed by atoms with Crippen molar-refractivity contribution < 1.29 is 27.9 Å². The molecule has 3 aliphatic rings. The summed E-state index contributed by atoms with van der Waals surface area (Å²) in [6, 6.07) is 11.9. The van der Waals surface area contributed by atoms with Crippen molar-refractivity contribution in [2.24, 2.45) is 0 Å². The maximum absolute atomic E-state index is 13.3. The van der Waals surface area contributed by atoms with Crippen LogP contribution in [0.5, 0.6) is 0 Å². The molecule has 0 bridgehead atoms. The zero-order valence-corrected chi connectivity index (χ0v) is 23.2. The van der Waals surface area contributed by atoms with Crippen molar-refractivity contribution >= 4 is 39.1 Å². The Labute approximate surface area is 233 Å². The Kier molecular flexibility index (Phi) is 8.39. The second kappa shape index (κ2) is 11.8. The van der Waals surface area contributed by atoms with Gasteiger partial charge >= 0.3 is 0 Å². The van der Waals surface area contributed by atoms with Crippen LogP contribution >= 0.6 is 11.6 Å². The van der Waals surface area contributed by atoms with Crippen LogP contribution in [0.2, 0.25) is 5.02 Å². The van der Waals surface area contributed by atoms with Gasteiger partial charge in [-0.15, -0.1) is 0 Å². The minimum Gasteiger partial charge on any atom is -0.507 e. The minimum atomic E-state index is -3.63. The summed E-state index contributed by atoms with van der Waals surface area (Å²) in [4.78, 5) is 30.4. The van der Waals surface area contributed by atoms with Crippen LogP contribution in [0.3, 0.4) is 0 Å². The van der Waals surface area contributed by atoms with Crippen LogP contribution in [-0.4, -0.2) is 91.8 Å². The summed E-state index contributed by atoms with van der Waals surface area (Å²) in [7, 11) is -3.63. The van der Waals surface area contributed by atoms with Gasteiger partial charge in [-0.2, -0.15) is 4.31 Å². The maximum Gasteiger partial charge on any atom is 0.295 e. The summed E-state index contributed by atoms with van der Waals surface area (Å²) in [6.45, 7) is 5.03. The number of rotatable bonds is 8. The quantitative estimate of drug-likeness (QED) is 0.293. The number of morpholine rings is 1. The number of amides is 1. The molecule has 2 aromatic rings. The van der Waals surface area contributed by atoms with E-state index in [2.05, 4.69) is 4.90 Å². The standard InChI is InChI=1S/C28H32ClN3O6S/c29-22-6-3-5-21(19-22)25-24(27(34)28(35)32(25)14-4-11-30-15-17-38-18-16-30)26(33)20-7-9-23(10-8-20)39(36,37)31-12-1-2-13-31/h3,5-10,19,25,33H,1-2,4,11-18H2. The molecule has 0 radical (unpaired) electrons. The second-order valence-electron chi connectivity index (χ2n) is 9.99. The third-order valence-corrected chi connectivity index (χ3v) is 9.66. The van der Waals surface area contributed by atoms with E-state index in [1.54, 1.807) is 24.3 Å². The van der Waals surface area contributed by atoms with E-state index in [1.165, 1.54) is 33.5 Å². The number of carbonyl (C=O) groups excluding carboxylic acids is 2. The first-order valence-electron chi connectivity index (χ1n) is 13.2.